The van der Waals surface area contributed by atoms with E-state index in [0.717, 1.165) is 17.1 Å². The first-order valence-corrected chi connectivity index (χ1v) is 11.6. The minimum absolute atomic E-state index is 0.169. The van der Waals surface area contributed by atoms with Gasteiger partial charge >= 0.3 is 0 Å². The number of carbonyl (C=O) groups excluding carboxylic acids is 2. The maximum atomic E-state index is 13.4. The molecule has 2 aliphatic heterocycles. The van der Waals surface area contributed by atoms with E-state index in [1.165, 1.54) is 16.0 Å². The number of nitrogens with zero attached hydrogens (tertiary/aromatic N) is 2. The molecule has 5 nitrogen and oxygen atoms in total. The van der Waals surface area contributed by atoms with Crippen molar-refractivity contribution in [3.63, 3.8) is 0 Å². The lowest BCUT2D eigenvalue weighted by atomic mass is 9.73. The van der Waals surface area contributed by atoms with Crippen LogP contribution in [0.15, 0.2) is 91.0 Å². The molecule has 35 heavy (non-hydrogen) atoms. The van der Waals surface area contributed by atoms with Crippen LogP contribution in [0.3, 0.4) is 0 Å². The largest absolute Gasteiger partial charge is 0.497 e. The number of benzene rings is 4. The Balaban J connectivity index is 1.48. The molecule has 0 fully saturated rings. The van der Waals surface area contributed by atoms with Gasteiger partial charge in [-0.05, 0) is 65.7 Å². The van der Waals surface area contributed by atoms with E-state index in [-0.39, 0.29) is 17.2 Å². The Labute approximate surface area is 204 Å². The summed E-state index contributed by atoms with van der Waals surface area (Å²) in [5.41, 5.74) is 6.57. The van der Waals surface area contributed by atoms with E-state index in [2.05, 4.69) is 55.1 Å². The van der Waals surface area contributed by atoms with Crippen molar-refractivity contribution in [2.45, 2.75) is 19.3 Å². The van der Waals surface area contributed by atoms with Crippen molar-refractivity contribution in [1.82, 2.24) is 0 Å². The van der Waals surface area contributed by atoms with E-state index in [1.54, 1.807) is 37.4 Å². The van der Waals surface area contributed by atoms with Gasteiger partial charge in [0.25, 0.3) is 11.8 Å². The van der Waals surface area contributed by atoms with E-state index in [9.17, 15) is 9.59 Å². The lowest BCUT2D eigenvalue weighted by Crippen LogP contribution is -2.30. The van der Waals surface area contributed by atoms with Crippen LogP contribution < -0.4 is 14.5 Å². The fraction of sp³-hybridized carbons (Fsp3) is 0.133. The number of hydrogen-bond donors (Lipinski definition) is 0. The monoisotopic (exact) mass is 460 g/mol. The molecule has 4 aromatic rings. The highest BCUT2D eigenvalue weighted by Crippen LogP contribution is 2.51. The standard InChI is InChI=1S/C30H24N2O3/c1-30(2)24-8-4-6-10-26(24)31(27-11-7-5-9-25(27)30)20-14-17-22-23(18-20)29(34)32(28(22)33)19-12-15-21(35-3)16-13-19/h4-18H,1-3H3. The predicted octanol–water partition coefficient (Wildman–Crippen LogP) is 6.60. The molecule has 0 bridgehead atoms. The maximum absolute atomic E-state index is 13.4. The van der Waals surface area contributed by atoms with Crippen LogP contribution in [0.5, 0.6) is 5.75 Å². The Morgan fingerprint density at radius 3 is 1.77 bits per heavy atom. The first-order valence-electron chi connectivity index (χ1n) is 11.6. The molecule has 4 aromatic carbocycles. The van der Waals surface area contributed by atoms with E-state index in [0.29, 0.717) is 22.6 Å². The highest BCUT2D eigenvalue weighted by Gasteiger charge is 2.39. The lowest BCUT2D eigenvalue weighted by Gasteiger charge is -2.42. The number of amides is 2. The number of hydrogen-bond acceptors (Lipinski definition) is 4. The zero-order chi connectivity index (χ0) is 24.3. The molecular formula is C30H24N2O3. The van der Waals surface area contributed by atoms with Gasteiger partial charge in [0.2, 0.25) is 0 Å². The second-order valence-corrected chi connectivity index (χ2v) is 9.37. The van der Waals surface area contributed by atoms with Crippen LogP contribution in [-0.4, -0.2) is 18.9 Å². The van der Waals surface area contributed by atoms with Crippen molar-refractivity contribution < 1.29 is 14.3 Å². The van der Waals surface area contributed by atoms with Crippen LogP contribution >= 0.6 is 0 Å². The number of anilines is 4. The smallest absolute Gasteiger partial charge is 0.266 e. The van der Waals surface area contributed by atoms with Crippen LogP contribution in [0.4, 0.5) is 22.7 Å². The Hall–Kier alpha value is -4.38. The van der Waals surface area contributed by atoms with Gasteiger partial charge in [0.1, 0.15) is 5.75 Å². The van der Waals surface area contributed by atoms with Gasteiger partial charge < -0.3 is 9.64 Å². The molecule has 2 amide bonds. The summed E-state index contributed by atoms with van der Waals surface area (Å²) >= 11 is 0. The van der Waals surface area contributed by atoms with Gasteiger partial charge in [-0.2, -0.15) is 0 Å². The minimum atomic E-state index is -0.323. The predicted molar refractivity (Wildman–Crippen MR) is 137 cm³/mol. The minimum Gasteiger partial charge on any atom is -0.497 e. The van der Waals surface area contributed by atoms with Gasteiger partial charge in [0, 0.05) is 11.1 Å². The molecule has 6 rings (SSSR count). The average Bonchev–Trinajstić information content (AvgIpc) is 3.13. The number of para-hydroxylation sites is 2. The van der Waals surface area contributed by atoms with Crippen molar-refractivity contribution >= 4 is 34.6 Å². The third-order valence-corrected chi connectivity index (χ3v) is 7.10. The lowest BCUT2D eigenvalue weighted by molar-refractivity contribution is 0.0926. The van der Waals surface area contributed by atoms with Crippen molar-refractivity contribution in [2.75, 3.05) is 16.9 Å². The van der Waals surface area contributed by atoms with Gasteiger partial charge in [-0.3, -0.25) is 9.59 Å². The van der Waals surface area contributed by atoms with E-state index in [4.69, 9.17) is 4.74 Å². The number of carbonyl (C=O) groups is 2. The molecule has 0 aliphatic carbocycles. The fourth-order valence-corrected chi connectivity index (χ4v) is 5.28. The molecule has 0 saturated carbocycles. The van der Waals surface area contributed by atoms with Gasteiger partial charge in [0.15, 0.2) is 0 Å². The van der Waals surface area contributed by atoms with Gasteiger partial charge in [0.05, 0.1) is 35.3 Å². The Bertz CT molecular complexity index is 1460. The molecular weight excluding hydrogens is 436 g/mol. The second kappa shape index (κ2) is 7.57. The quantitative estimate of drug-likeness (QED) is 0.323. The number of ether oxygens (including phenoxy) is 1. The molecule has 2 aliphatic rings. The molecule has 0 atom stereocenters. The summed E-state index contributed by atoms with van der Waals surface area (Å²) in [6, 6.07) is 29.2. The van der Waals surface area contributed by atoms with E-state index >= 15 is 0 Å². The van der Waals surface area contributed by atoms with E-state index in [1.807, 2.05) is 24.3 Å². The van der Waals surface area contributed by atoms with Crippen molar-refractivity contribution in [3.05, 3.63) is 113 Å². The average molecular weight is 461 g/mol. The van der Waals surface area contributed by atoms with E-state index < -0.39 is 0 Å². The van der Waals surface area contributed by atoms with Crippen molar-refractivity contribution in [2.24, 2.45) is 0 Å². The van der Waals surface area contributed by atoms with Crippen LogP contribution in [-0.2, 0) is 5.41 Å². The van der Waals surface area contributed by atoms with Gasteiger partial charge in [-0.15, -0.1) is 0 Å². The molecule has 0 radical (unpaired) electrons. The van der Waals surface area contributed by atoms with Crippen LogP contribution in [0.25, 0.3) is 0 Å². The third-order valence-electron chi connectivity index (χ3n) is 7.10. The summed E-state index contributed by atoms with van der Waals surface area (Å²) in [6.07, 6.45) is 0. The first kappa shape index (κ1) is 21.2. The Morgan fingerprint density at radius 2 is 1.17 bits per heavy atom. The molecule has 0 unspecified atom stereocenters. The third kappa shape index (κ3) is 3.01. The normalized spacial score (nSPS) is 15.5. The summed E-state index contributed by atoms with van der Waals surface area (Å²) in [5.74, 6) is 0.0243. The second-order valence-electron chi connectivity index (χ2n) is 9.37. The fourth-order valence-electron chi connectivity index (χ4n) is 5.28. The maximum Gasteiger partial charge on any atom is 0.266 e. The summed E-state index contributed by atoms with van der Waals surface area (Å²) < 4.78 is 5.21. The number of methoxy groups -OCH3 is 1. The molecule has 0 N–H and O–H groups in total. The highest BCUT2D eigenvalue weighted by atomic mass is 16.5. The zero-order valence-corrected chi connectivity index (χ0v) is 19.8. The number of fused-ring (bicyclic) bond motifs is 3. The SMILES string of the molecule is COc1ccc(N2C(=O)c3ccc(N4c5ccccc5C(C)(C)c5ccccc54)cc3C2=O)cc1. The van der Waals surface area contributed by atoms with Crippen LogP contribution in [0.2, 0.25) is 0 Å². The van der Waals surface area contributed by atoms with Gasteiger partial charge in [-0.25, -0.2) is 4.90 Å². The number of rotatable bonds is 3. The van der Waals surface area contributed by atoms with Crippen LogP contribution in [0.1, 0.15) is 45.7 Å². The summed E-state index contributed by atoms with van der Waals surface area (Å²) in [5, 5.41) is 0. The molecule has 172 valence electrons. The topological polar surface area (TPSA) is 49.9 Å². The van der Waals surface area contributed by atoms with Crippen LogP contribution in [0, 0.1) is 0 Å². The summed E-state index contributed by atoms with van der Waals surface area (Å²) in [7, 11) is 1.58. The molecule has 0 saturated heterocycles. The summed E-state index contributed by atoms with van der Waals surface area (Å²) in [4.78, 5) is 30.1. The molecule has 2 heterocycles. The first-order chi connectivity index (χ1) is 16.9. The number of imide groups is 1. The van der Waals surface area contributed by atoms with Crippen molar-refractivity contribution in [1.29, 1.82) is 0 Å². The zero-order valence-electron chi connectivity index (χ0n) is 19.8. The molecule has 0 aromatic heterocycles. The molecule has 0 spiro atoms. The summed E-state index contributed by atoms with van der Waals surface area (Å²) in [6.45, 7) is 4.47. The molecule has 5 heteroatoms. The van der Waals surface area contributed by atoms with Gasteiger partial charge in [-0.1, -0.05) is 50.2 Å². The Morgan fingerprint density at radius 1 is 0.629 bits per heavy atom. The van der Waals surface area contributed by atoms with Crippen molar-refractivity contribution in [3.8, 4) is 5.75 Å². The highest BCUT2D eigenvalue weighted by molar-refractivity contribution is 6.34. The Kier molecular flexibility index (Phi) is 4.58.